The Morgan fingerprint density at radius 3 is 2.32 bits per heavy atom. The van der Waals surface area contributed by atoms with Crippen LogP contribution in [0.2, 0.25) is 0 Å². The van der Waals surface area contributed by atoms with Crippen molar-refractivity contribution < 1.29 is 33.7 Å². The maximum absolute atomic E-state index is 14.2. The van der Waals surface area contributed by atoms with Gasteiger partial charge in [0.1, 0.15) is 5.75 Å². The quantitative estimate of drug-likeness (QED) is 0.112. The van der Waals surface area contributed by atoms with Crippen LogP contribution in [-0.4, -0.2) is 79.9 Å². The zero-order valence-electron chi connectivity index (χ0n) is 28.0. The van der Waals surface area contributed by atoms with Crippen molar-refractivity contribution in [3.8, 4) is 17.2 Å². The number of hydrogen-bond acceptors (Lipinski definition) is 9. The van der Waals surface area contributed by atoms with Gasteiger partial charge in [-0.3, -0.25) is 14.5 Å². The number of nitrogens with zero attached hydrogens (tertiary/aromatic N) is 3. The molecule has 0 radical (unpaired) electrons. The maximum atomic E-state index is 14.2. The molecule has 0 aliphatic carbocycles. The van der Waals surface area contributed by atoms with Gasteiger partial charge in [0.15, 0.2) is 11.5 Å². The Labute approximate surface area is 277 Å². The van der Waals surface area contributed by atoms with Crippen molar-refractivity contribution in [2.75, 3.05) is 53.2 Å². The molecule has 2 heterocycles. The van der Waals surface area contributed by atoms with Gasteiger partial charge in [0.25, 0.3) is 5.09 Å². The van der Waals surface area contributed by atoms with Crippen LogP contribution in [0.4, 0.5) is 0 Å². The molecule has 2 aromatic rings. The van der Waals surface area contributed by atoms with Crippen LogP contribution in [0.5, 0.6) is 17.2 Å². The second-order valence-corrected chi connectivity index (χ2v) is 12.2. The van der Waals surface area contributed by atoms with E-state index < -0.39 is 11.0 Å². The molecule has 12 nitrogen and oxygen atoms in total. The van der Waals surface area contributed by atoms with Gasteiger partial charge in [0.2, 0.25) is 18.6 Å². The van der Waals surface area contributed by atoms with Gasteiger partial charge in [-0.15, -0.1) is 10.1 Å². The van der Waals surface area contributed by atoms with Crippen molar-refractivity contribution in [2.45, 2.75) is 77.2 Å². The van der Waals surface area contributed by atoms with Crippen molar-refractivity contribution in [3.05, 3.63) is 63.7 Å². The first-order valence-corrected chi connectivity index (χ1v) is 17.0. The van der Waals surface area contributed by atoms with Crippen LogP contribution in [0.3, 0.4) is 0 Å². The first-order chi connectivity index (χ1) is 22.9. The minimum Gasteiger partial charge on any atom is -0.497 e. The lowest BCUT2D eigenvalue weighted by Gasteiger charge is -2.31. The SMILES string of the molecule is CCCCN(CCCC)C(=O)CN1CC(c2ccc3c(c2)OCO3)C(C(=O)NCCCCCCO[N+](=O)[O-])C1c1ccc(OC)cc1. The normalized spacial score (nSPS) is 18.6. The smallest absolute Gasteiger partial charge is 0.294 e. The number of likely N-dealkylation sites (tertiary alicyclic amines) is 1. The Bertz CT molecular complexity index is 1300. The standard InChI is InChI=1S/C35H50N4O8/c1-4-6-19-37(20-7-5-2)32(40)24-38-23-29(27-14-17-30-31(22-27)46-25-45-30)33(34(38)26-12-15-28(44-3)16-13-26)35(41)36-18-10-8-9-11-21-47-39(42)43/h12-17,22,29,33-34H,4-11,18-21,23-25H2,1-3H3,(H,36,41). The van der Waals surface area contributed by atoms with Crippen LogP contribution in [0, 0.1) is 16.0 Å². The van der Waals surface area contributed by atoms with E-state index in [0.29, 0.717) is 31.0 Å². The molecule has 1 fully saturated rings. The van der Waals surface area contributed by atoms with Gasteiger partial charge >= 0.3 is 0 Å². The Hall–Kier alpha value is -4.06. The number of benzene rings is 2. The fraction of sp³-hybridized carbons (Fsp3) is 0.600. The molecule has 2 aliphatic heterocycles. The third-order valence-electron chi connectivity index (χ3n) is 9.00. The van der Waals surface area contributed by atoms with Crippen LogP contribution >= 0.6 is 0 Å². The molecule has 3 unspecified atom stereocenters. The number of hydrogen-bond donors (Lipinski definition) is 1. The van der Waals surface area contributed by atoms with Crippen LogP contribution in [0.25, 0.3) is 0 Å². The van der Waals surface area contributed by atoms with Gasteiger partial charge in [-0.05, 0) is 61.1 Å². The summed E-state index contributed by atoms with van der Waals surface area (Å²) in [5.41, 5.74) is 1.91. The maximum Gasteiger partial charge on any atom is 0.294 e. The van der Waals surface area contributed by atoms with E-state index >= 15 is 0 Å². The van der Waals surface area contributed by atoms with Gasteiger partial charge in [-0.1, -0.05) is 57.7 Å². The molecule has 0 aromatic heterocycles. The van der Waals surface area contributed by atoms with Gasteiger partial charge in [-0.25, -0.2) is 0 Å². The predicted octanol–water partition coefficient (Wildman–Crippen LogP) is 5.49. The summed E-state index contributed by atoms with van der Waals surface area (Å²) in [6.07, 6.45) is 6.82. The van der Waals surface area contributed by atoms with Crippen molar-refractivity contribution in [1.29, 1.82) is 0 Å². The van der Waals surface area contributed by atoms with Crippen LogP contribution < -0.4 is 19.5 Å². The van der Waals surface area contributed by atoms with Crippen molar-refractivity contribution in [3.63, 3.8) is 0 Å². The number of carbonyl (C=O) groups excluding carboxylic acids is 2. The van der Waals surface area contributed by atoms with Crippen molar-refractivity contribution in [2.24, 2.45) is 5.92 Å². The fourth-order valence-electron chi connectivity index (χ4n) is 6.47. The lowest BCUT2D eigenvalue weighted by Crippen LogP contribution is -2.42. The zero-order chi connectivity index (χ0) is 33.6. The third-order valence-corrected chi connectivity index (χ3v) is 9.00. The van der Waals surface area contributed by atoms with Gasteiger partial charge in [-0.2, -0.15) is 0 Å². The molecule has 4 rings (SSSR count). The summed E-state index contributed by atoms with van der Waals surface area (Å²) in [5, 5.41) is 12.8. The number of carbonyl (C=O) groups is 2. The molecule has 0 bridgehead atoms. The summed E-state index contributed by atoms with van der Waals surface area (Å²) in [4.78, 5) is 47.0. The average Bonchev–Trinajstić information content (AvgIpc) is 3.70. The average molecular weight is 655 g/mol. The molecule has 47 heavy (non-hydrogen) atoms. The monoisotopic (exact) mass is 654 g/mol. The summed E-state index contributed by atoms with van der Waals surface area (Å²) >= 11 is 0. The van der Waals surface area contributed by atoms with Gasteiger partial charge in [0.05, 0.1) is 26.2 Å². The summed E-state index contributed by atoms with van der Waals surface area (Å²) in [5.74, 6) is 1.37. The molecule has 2 aliphatic rings. The minimum absolute atomic E-state index is 0.0745. The van der Waals surface area contributed by atoms with E-state index in [9.17, 15) is 19.7 Å². The number of ether oxygens (including phenoxy) is 3. The molecule has 258 valence electrons. The summed E-state index contributed by atoms with van der Waals surface area (Å²) in [6, 6.07) is 13.3. The number of methoxy groups -OCH3 is 1. The zero-order valence-corrected chi connectivity index (χ0v) is 28.0. The van der Waals surface area contributed by atoms with E-state index in [4.69, 9.17) is 14.2 Å². The summed E-state index contributed by atoms with van der Waals surface area (Å²) in [7, 11) is 1.62. The molecule has 2 aromatic carbocycles. The van der Waals surface area contributed by atoms with Crippen LogP contribution in [0.1, 0.15) is 88.3 Å². The minimum atomic E-state index is -0.775. The first-order valence-electron chi connectivity index (χ1n) is 17.0. The highest BCUT2D eigenvalue weighted by Crippen LogP contribution is 2.48. The Morgan fingerprint density at radius 2 is 1.64 bits per heavy atom. The van der Waals surface area contributed by atoms with Gasteiger partial charge in [0, 0.05) is 38.1 Å². The second kappa shape index (κ2) is 18.3. The Morgan fingerprint density at radius 1 is 0.957 bits per heavy atom. The Kier molecular flexibility index (Phi) is 14.0. The predicted molar refractivity (Wildman–Crippen MR) is 177 cm³/mol. The molecule has 2 amide bonds. The highest BCUT2D eigenvalue weighted by molar-refractivity contribution is 5.82. The number of amides is 2. The number of nitrogens with one attached hydrogen (secondary N) is 1. The topological polar surface area (TPSA) is 133 Å². The molecule has 1 N–H and O–H groups in total. The molecular weight excluding hydrogens is 604 g/mol. The van der Waals surface area contributed by atoms with E-state index in [2.05, 4.69) is 28.9 Å². The molecule has 3 atom stereocenters. The third kappa shape index (κ3) is 9.96. The van der Waals surface area contributed by atoms with Crippen LogP contribution in [-0.2, 0) is 14.4 Å². The molecule has 12 heteroatoms. The van der Waals surface area contributed by atoms with E-state index in [1.54, 1.807) is 7.11 Å². The molecule has 0 spiro atoms. The number of rotatable bonds is 20. The summed E-state index contributed by atoms with van der Waals surface area (Å²) in [6.45, 7) is 7.16. The highest BCUT2D eigenvalue weighted by Gasteiger charge is 2.48. The molecule has 1 saturated heterocycles. The largest absolute Gasteiger partial charge is 0.497 e. The van der Waals surface area contributed by atoms with Crippen molar-refractivity contribution in [1.82, 2.24) is 15.1 Å². The second-order valence-electron chi connectivity index (χ2n) is 12.2. The van der Waals surface area contributed by atoms with Crippen molar-refractivity contribution >= 4 is 11.8 Å². The molecular formula is C35H50N4O8. The highest BCUT2D eigenvalue weighted by atomic mass is 16.9. The van der Waals surface area contributed by atoms with Crippen LogP contribution in [0.15, 0.2) is 42.5 Å². The van der Waals surface area contributed by atoms with Gasteiger partial charge < -0.3 is 29.3 Å². The lowest BCUT2D eigenvalue weighted by atomic mass is 9.82. The fourth-order valence-corrected chi connectivity index (χ4v) is 6.47. The summed E-state index contributed by atoms with van der Waals surface area (Å²) < 4.78 is 16.7. The van der Waals surface area contributed by atoms with E-state index in [1.165, 1.54) is 0 Å². The van der Waals surface area contributed by atoms with E-state index in [-0.39, 0.29) is 43.7 Å². The lowest BCUT2D eigenvalue weighted by molar-refractivity contribution is -0.757. The Balaban J connectivity index is 1.59. The molecule has 0 saturated carbocycles. The van der Waals surface area contributed by atoms with E-state index in [0.717, 1.165) is 74.9 Å². The first kappa shape index (κ1) is 35.8. The number of unbranched alkanes of at least 4 members (excludes halogenated alkanes) is 5. The number of fused-ring (bicyclic) bond motifs is 1. The van der Waals surface area contributed by atoms with E-state index in [1.807, 2.05) is 47.4 Å².